The highest BCUT2D eigenvalue weighted by molar-refractivity contribution is 14.1. The lowest BCUT2D eigenvalue weighted by molar-refractivity contribution is 0.479. The molecular weight excluding hydrogens is 527 g/mol. The number of ether oxygens (including phenoxy) is 1. The zero-order chi connectivity index (χ0) is 12.4. The van der Waals surface area contributed by atoms with Gasteiger partial charge in [0.25, 0.3) is 0 Å². The van der Waals surface area contributed by atoms with Crippen molar-refractivity contribution >= 4 is 70.4 Å². The summed E-state index contributed by atoms with van der Waals surface area (Å²) in [4.78, 5) is 0. The van der Waals surface area contributed by atoms with Gasteiger partial charge in [-0.2, -0.15) is 0 Å². The summed E-state index contributed by atoms with van der Waals surface area (Å²) in [6, 6.07) is 11.7. The Kier molecular flexibility index (Phi) is 4.91. The van der Waals surface area contributed by atoms with Gasteiger partial charge in [-0.25, -0.2) is 0 Å². The van der Waals surface area contributed by atoms with Gasteiger partial charge < -0.3 is 4.74 Å². The highest BCUT2D eigenvalue weighted by atomic mass is 127. The summed E-state index contributed by atoms with van der Waals surface area (Å²) in [5.74, 6) is 1.60. The van der Waals surface area contributed by atoms with E-state index < -0.39 is 0 Å². The minimum absolute atomic E-state index is 0.791. The fraction of sp³-hybridized carbons (Fsp3) is 0. The van der Waals surface area contributed by atoms with Crippen LogP contribution in [0.2, 0.25) is 0 Å². The van der Waals surface area contributed by atoms with E-state index in [0.717, 1.165) is 28.5 Å². The molecule has 0 aliphatic carbocycles. The van der Waals surface area contributed by atoms with Crippen LogP contribution in [0.5, 0.6) is 11.5 Å². The Morgan fingerprint density at radius 1 is 0.882 bits per heavy atom. The fourth-order valence-electron chi connectivity index (χ4n) is 1.21. The zero-order valence-corrected chi connectivity index (χ0v) is 15.3. The third-order valence-corrected chi connectivity index (χ3v) is 5.45. The lowest BCUT2D eigenvalue weighted by Gasteiger charge is -2.09. The van der Waals surface area contributed by atoms with Crippen molar-refractivity contribution in [3.05, 3.63) is 53.4 Å². The van der Waals surface area contributed by atoms with E-state index in [9.17, 15) is 0 Å². The molecule has 0 atom stereocenters. The van der Waals surface area contributed by atoms with Gasteiger partial charge in [0, 0.05) is 12.5 Å². The number of benzene rings is 2. The first-order valence-corrected chi connectivity index (χ1v) is 8.10. The van der Waals surface area contributed by atoms with Gasteiger partial charge in [-0.1, -0.05) is 15.9 Å². The molecule has 17 heavy (non-hydrogen) atoms. The van der Waals surface area contributed by atoms with Crippen LogP contribution in [0, 0.1) is 3.57 Å². The van der Waals surface area contributed by atoms with Crippen LogP contribution in [0.3, 0.4) is 0 Å². The van der Waals surface area contributed by atoms with E-state index >= 15 is 0 Å². The van der Waals surface area contributed by atoms with Crippen molar-refractivity contribution in [3.63, 3.8) is 0 Å². The van der Waals surface area contributed by atoms with E-state index in [1.165, 1.54) is 0 Å². The Morgan fingerprint density at radius 2 is 1.53 bits per heavy atom. The second kappa shape index (κ2) is 6.04. The molecule has 0 saturated carbocycles. The predicted molar refractivity (Wildman–Crippen MR) is 88.8 cm³/mol. The summed E-state index contributed by atoms with van der Waals surface area (Å²) in [7, 11) is 0. The van der Waals surface area contributed by atoms with Crippen LogP contribution in [0.15, 0.2) is 49.8 Å². The van der Waals surface area contributed by atoms with Gasteiger partial charge in [0.1, 0.15) is 11.5 Å². The highest BCUT2D eigenvalue weighted by Gasteiger charge is 2.07. The molecule has 0 fully saturated rings. The molecule has 0 aliphatic rings. The van der Waals surface area contributed by atoms with Crippen molar-refractivity contribution < 1.29 is 4.74 Å². The first-order valence-electron chi connectivity index (χ1n) is 4.64. The van der Waals surface area contributed by atoms with E-state index in [-0.39, 0.29) is 0 Å². The second-order valence-electron chi connectivity index (χ2n) is 3.25. The Hall–Kier alpha value is 0.410. The van der Waals surface area contributed by atoms with Crippen molar-refractivity contribution in [2.45, 2.75) is 0 Å². The molecule has 2 rings (SSSR count). The molecule has 5 heteroatoms. The van der Waals surface area contributed by atoms with Crippen LogP contribution in [0.25, 0.3) is 0 Å². The molecule has 1 nitrogen and oxygen atoms in total. The first kappa shape index (κ1) is 13.8. The molecule has 2 aromatic carbocycles. The van der Waals surface area contributed by atoms with Crippen molar-refractivity contribution in [1.29, 1.82) is 0 Å². The Morgan fingerprint density at radius 3 is 2.18 bits per heavy atom. The predicted octanol–water partition coefficient (Wildman–Crippen LogP) is 6.37. The summed E-state index contributed by atoms with van der Waals surface area (Å²) in [5.41, 5.74) is 0. The van der Waals surface area contributed by atoms with Crippen LogP contribution in [0.4, 0.5) is 0 Å². The normalized spacial score (nSPS) is 10.4. The Labute approximate surface area is 138 Å². The standard InChI is InChI=1S/C12H6Br3IO/c13-7-1-3-8(4-2-7)17-12-6-9(14)11(16)5-10(12)15/h1-6H. The van der Waals surface area contributed by atoms with Crippen LogP contribution < -0.4 is 4.74 Å². The van der Waals surface area contributed by atoms with E-state index in [0.29, 0.717) is 0 Å². The smallest absolute Gasteiger partial charge is 0.142 e. The highest BCUT2D eigenvalue weighted by Crippen LogP contribution is 2.35. The second-order valence-corrected chi connectivity index (χ2v) is 7.04. The van der Waals surface area contributed by atoms with Crippen LogP contribution in [-0.4, -0.2) is 0 Å². The number of halogens is 4. The topological polar surface area (TPSA) is 9.23 Å². The van der Waals surface area contributed by atoms with Gasteiger partial charge in [0.05, 0.1) is 4.47 Å². The monoisotopic (exact) mass is 530 g/mol. The Balaban J connectivity index is 2.30. The summed E-state index contributed by atoms with van der Waals surface area (Å²) in [5, 5.41) is 0. The molecular formula is C12H6Br3IO. The molecule has 0 spiro atoms. The lowest BCUT2D eigenvalue weighted by Crippen LogP contribution is -1.87. The van der Waals surface area contributed by atoms with Crippen molar-refractivity contribution in [3.8, 4) is 11.5 Å². The van der Waals surface area contributed by atoms with Crippen LogP contribution in [-0.2, 0) is 0 Å². The van der Waals surface area contributed by atoms with Gasteiger partial charge in [0.2, 0.25) is 0 Å². The average Bonchev–Trinajstić information content (AvgIpc) is 2.29. The SMILES string of the molecule is Brc1ccc(Oc2cc(Br)c(I)cc2Br)cc1. The van der Waals surface area contributed by atoms with Crippen molar-refractivity contribution in [1.82, 2.24) is 0 Å². The zero-order valence-electron chi connectivity index (χ0n) is 8.38. The lowest BCUT2D eigenvalue weighted by atomic mass is 10.3. The van der Waals surface area contributed by atoms with Crippen molar-refractivity contribution in [2.24, 2.45) is 0 Å². The fourth-order valence-corrected chi connectivity index (χ4v) is 3.12. The minimum atomic E-state index is 0.791. The number of hydrogen-bond donors (Lipinski definition) is 0. The van der Waals surface area contributed by atoms with Gasteiger partial charge in [-0.15, -0.1) is 0 Å². The van der Waals surface area contributed by atoms with E-state index in [4.69, 9.17) is 4.74 Å². The van der Waals surface area contributed by atoms with Gasteiger partial charge in [-0.3, -0.25) is 0 Å². The van der Waals surface area contributed by atoms with Gasteiger partial charge >= 0.3 is 0 Å². The molecule has 0 unspecified atom stereocenters. The third-order valence-electron chi connectivity index (χ3n) is 2.02. The minimum Gasteiger partial charge on any atom is -0.456 e. The van der Waals surface area contributed by atoms with E-state index in [2.05, 4.69) is 70.4 Å². The molecule has 2 aromatic rings. The molecule has 0 bridgehead atoms. The largest absolute Gasteiger partial charge is 0.456 e. The first-order chi connectivity index (χ1) is 8.06. The van der Waals surface area contributed by atoms with Crippen molar-refractivity contribution in [2.75, 3.05) is 0 Å². The maximum atomic E-state index is 5.80. The molecule has 0 saturated heterocycles. The molecule has 0 radical (unpaired) electrons. The molecule has 0 heterocycles. The number of rotatable bonds is 2. The van der Waals surface area contributed by atoms with Gasteiger partial charge in [-0.05, 0) is 90.8 Å². The molecule has 88 valence electrons. The summed E-state index contributed by atoms with van der Waals surface area (Å²) in [6.45, 7) is 0. The van der Waals surface area contributed by atoms with Crippen LogP contribution >= 0.6 is 70.4 Å². The molecule has 0 aromatic heterocycles. The maximum Gasteiger partial charge on any atom is 0.142 e. The van der Waals surface area contributed by atoms with Gasteiger partial charge in [0.15, 0.2) is 0 Å². The summed E-state index contributed by atoms with van der Waals surface area (Å²) < 4.78 is 9.93. The summed E-state index contributed by atoms with van der Waals surface area (Å²) in [6.07, 6.45) is 0. The maximum absolute atomic E-state index is 5.80. The number of hydrogen-bond acceptors (Lipinski definition) is 1. The van der Waals surface area contributed by atoms with E-state index in [1.807, 2.05) is 36.4 Å². The summed E-state index contributed by atoms with van der Waals surface area (Å²) >= 11 is 12.6. The third kappa shape index (κ3) is 3.68. The van der Waals surface area contributed by atoms with E-state index in [1.54, 1.807) is 0 Å². The molecule has 0 amide bonds. The Bertz CT molecular complexity index is 540. The molecule has 0 N–H and O–H groups in total. The molecule has 0 aliphatic heterocycles. The van der Waals surface area contributed by atoms with Crippen LogP contribution in [0.1, 0.15) is 0 Å². The quantitative estimate of drug-likeness (QED) is 0.323. The average molecular weight is 533 g/mol.